The topological polar surface area (TPSA) is 0 Å². The van der Waals surface area contributed by atoms with Gasteiger partial charge in [-0.05, 0) is 0 Å². The molecule has 0 radical (unpaired) electrons. The van der Waals surface area contributed by atoms with Crippen molar-refractivity contribution in [3.63, 3.8) is 0 Å². The molecule has 0 atom stereocenters. The van der Waals surface area contributed by atoms with Gasteiger partial charge in [0.05, 0.1) is 0 Å². The molecule has 0 heterocycles. The summed E-state index contributed by atoms with van der Waals surface area (Å²) in [5.74, 6) is 0. The van der Waals surface area contributed by atoms with Crippen molar-refractivity contribution in [2.75, 3.05) is 0 Å². The van der Waals surface area contributed by atoms with Gasteiger partial charge in [-0.15, -0.1) is 0 Å². The van der Waals surface area contributed by atoms with Gasteiger partial charge in [0.15, 0.2) is 0 Å². The van der Waals surface area contributed by atoms with Gasteiger partial charge in [-0.1, -0.05) is 0 Å². The van der Waals surface area contributed by atoms with Crippen LogP contribution in [0.15, 0.2) is 41.1 Å². The minimum Gasteiger partial charge on any atom is -1.00 e. The van der Waals surface area contributed by atoms with Crippen LogP contribution in [0.1, 0.15) is 66.2 Å². The van der Waals surface area contributed by atoms with Crippen molar-refractivity contribution < 1.29 is 47.7 Å². The second-order valence-electron chi connectivity index (χ2n) is 5.36. The monoisotopic (exact) mass is 492 g/mol. The first-order valence-electron chi connectivity index (χ1n) is 7.84. The molecule has 2 aliphatic rings. The van der Waals surface area contributed by atoms with E-state index in [1.807, 2.05) is 6.66 Å². The molecule has 0 aromatic heterocycles. The van der Waals surface area contributed by atoms with E-state index in [1.165, 1.54) is 38.5 Å². The van der Waals surface area contributed by atoms with Gasteiger partial charge in [-0.2, -0.15) is 0 Å². The Bertz CT molecular complexity index is 437. The quantitative estimate of drug-likeness (QED) is 0.455. The number of rotatable bonds is 6. The number of hydrogen-bond acceptors (Lipinski definition) is 0. The predicted molar refractivity (Wildman–Crippen MR) is 80.6 cm³/mol. The molecule has 0 N–H and O–H groups in total. The molecule has 0 aromatic carbocycles. The molecule has 0 spiro atoms. The van der Waals surface area contributed by atoms with Crippen LogP contribution in [-0.2, 0) is 22.9 Å². The van der Waals surface area contributed by atoms with Crippen LogP contribution < -0.4 is 24.8 Å². The molecular formula is C18H26Cl2Hf. The first kappa shape index (κ1) is 21.4. The van der Waals surface area contributed by atoms with Gasteiger partial charge < -0.3 is 24.8 Å². The smallest absolute Gasteiger partial charge is 1.00 e. The average Bonchev–Trinajstić information content (AvgIpc) is 3.02. The molecule has 0 unspecified atom stereocenters. The molecule has 0 saturated carbocycles. The summed E-state index contributed by atoms with van der Waals surface area (Å²) in [7, 11) is 0. The Kier molecular flexibility index (Phi) is 10.4. The fraction of sp³-hybridized carbons (Fsp3) is 0.556. The summed E-state index contributed by atoms with van der Waals surface area (Å²) in [4.78, 5) is 0. The fourth-order valence-corrected chi connectivity index (χ4v) is 10.4. The van der Waals surface area contributed by atoms with Crippen LogP contribution in [0, 0.1) is 0 Å². The Morgan fingerprint density at radius 2 is 1.10 bits per heavy atom. The predicted octanol–water partition coefficient (Wildman–Crippen LogP) is -0.115. The van der Waals surface area contributed by atoms with Crippen LogP contribution in [-0.4, -0.2) is 0 Å². The normalized spacial score (nSPS) is 17.1. The standard InChI is InChI=1S/2C9H13.2ClH.Hf/c2*1-3-8-5-6-9(4-2)7-8;;;/h2*5H,3-4,6H2,1-2H3;2*1H;/q;;;;+2/p-2. The Hall–Kier alpha value is 0.410. The van der Waals surface area contributed by atoms with E-state index in [-0.39, 0.29) is 24.8 Å². The molecule has 0 amide bonds. The first-order valence-corrected chi connectivity index (χ1v) is 11.4. The van der Waals surface area contributed by atoms with Crippen LogP contribution in [0.3, 0.4) is 0 Å². The van der Waals surface area contributed by atoms with Gasteiger partial charge in [-0.25, -0.2) is 0 Å². The van der Waals surface area contributed by atoms with Crippen LogP contribution >= 0.6 is 0 Å². The third kappa shape index (κ3) is 4.69. The second kappa shape index (κ2) is 10.2. The molecule has 0 nitrogen and oxygen atoms in total. The number of hydrogen-bond donors (Lipinski definition) is 0. The van der Waals surface area contributed by atoms with Crippen molar-refractivity contribution in [3.8, 4) is 0 Å². The van der Waals surface area contributed by atoms with Gasteiger partial charge in [0, 0.05) is 0 Å². The average molecular weight is 492 g/mol. The molecule has 0 saturated heterocycles. The third-order valence-corrected chi connectivity index (χ3v) is 11.0. The number of allylic oxidation sites excluding steroid dienone is 8. The van der Waals surface area contributed by atoms with Crippen molar-refractivity contribution >= 4 is 0 Å². The minimum atomic E-state index is -0.826. The van der Waals surface area contributed by atoms with E-state index in [0.717, 1.165) is 0 Å². The molecule has 116 valence electrons. The SMILES string of the molecule is CCC1=CCC(CC)=[C]1[Hf+2][C]1=C(CC)CC=C1CC.[Cl-].[Cl-]. The summed E-state index contributed by atoms with van der Waals surface area (Å²) in [6.07, 6.45) is 12.5. The summed E-state index contributed by atoms with van der Waals surface area (Å²) in [5, 5.41) is 0. The molecule has 2 aliphatic carbocycles. The van der Waals surface area contributed by atoms with Gasteiger partial charge in [0.1, 0.15) is 0 Å². The molecule has 21 heavy (non-hydrogen) atoms. The Labute approximate surface area is 154 Å². The van der Waals surface area contributed by atoms with Crippen LogP contribution in [0.2, 0.25) is 0 Å². The summed E-state index contributed by atoms with van der Waals surface area (Å²) in [5.41, 5.74) is 6.94. The van der Waals surface area contributed by atoms with Gasteiger partial charge >= 0.3 is 130 Å². The maximum atomic E-state index is 2.51. The zero-order chi connectivity index (χ0) is 13.8. The number of halogens is 2. The van der Waals surface area contributed by atoms with Gasteiger partial charge in [-0.3, -0.25) is 0 Å². The van der Waals surface area contributed by atoms with E-state index in [2.05, 4.69) is 39.8 Å². The maximum absolute atomic E-state index is 2.51. The van der Waals surface area contributed by atoms with E-state index in [1.54, 1.807) is 22.3 Å². The Morgan fingerprint density at radius 3 is 1.38 bits per heavy atom. The molecule has 3 heteroatoms. The van der Waals surface area contributed by atoms with Crippen LogP contribution in [0.5, 0.6) is 0 Å². The van der Waals surface area contributed by atoms with Gasteiger partial charge in [0.2, 0.25) is 0 Å². The van der Waals surface area contributed by atoms with Crippen molar-refractivity contribution in [2.45, 2.75) is 66.2 Å². The Balaban J connectivity index is 0.00000200. The van der Waals surface area contributed by atoms with E-state index >= 15 is 0 Å². The van der Waals surface area contributed by atoms with E-state index in [9.17, 15) is 0 Å². The van der Waals surface area contributed by atoms with Crippen molar-refractivity contribution in [1.82, 2.24) is 0 Å². The third-order valence-electron chi connectivity index (χ3n) is 4.40. The maximum Gasteiger partial charge on any atom is -1.00 e. The zero-order valence-corrected chi connectivity index (χ0v) is 18.8. The molecule has 0 aromatic rings. The molecule has 0 aliphatic heterocycles. The van der Waals surface area contributed by atoms with E-state index in [4.69, 9.17) is 0 Å². The molecule has 0 bridgehead atoms. The zero-order valence-electron chi connectivity index (χ0n) is 13.7. The van der Waals surface area contributed by atoms with Crippen LogP contribution in [0.25, 0.3) is 0 Å². The summed E-state index contributed by atoms with van der Waals surface area (Å²) >= 11 is -0.826. The van der Waals surface area contributed by atoms with E-state index in [0.29, 0.717) is 0 Å². The van der Waals surface area contributed by atoms with Crippen LogP contribution in [0.4, 0.5) is 0 Å². The Morgan fingerprint density at radius 1 is 0.714 bits per heavy atom. The first-order chi connectivity index (χ1) is 9.24. The second-order valence-corrected chi connectivity index (χ2v) is 9.85. The van der Waals surface area contributed by atoms with E-state index < -0.39 is 22.9 Å². The summed E-state index contributed by atoms with van der Waals surface area (Å²) in [6.45, 7) is 9.33. The van der Waals surface area contributed by atoms with Crippen molar-refractivity contribution in [3.05, 3.63) is 41.1 Å². The molecular weight excluding hydrogens is 466 g/mol. The van der Waals surface area contributed by atoms with Crippen molar-refractivity contribution in [1.29, 1.82) is 0 Å². The van der Waals surface area contributed by atoms with Gasteiger partial charge in [0.25, 0.3) is 0 Å². The summed E-state index contributed by atoms with van der Waals surface area (Å²) in [6, 6.07) is 0. The molecule has 0 fully saturated rings. The molecule has 2 rings (SSSR count). The van der Waals surface area contributed by atoms with Crippen molar-refractivity contribution in [2.24, 2.45) is 0 Å². The fourth-order valence-electron chi connectivity index (χ4n) is 3.10. The minimum absolute atomic E-state index is 0. The largest absolute Gasteiger partial charge is 1.00 e. The summed E-state index contributed by atoms with van der Waals surface area (Å²) < 4.78 is 3.74.